The number of nitrogens with zero attached hydrogens (tertiary/aromatic N) is 1. The van der Waals surface area contributed by atoms with E-state index in [4.69, 9.17) is 4.98 Å². The molecule has 1 heterocycles. The van der Waals surface area contributed by atoms with Crippen LogP contribution in [0.4, 0.5) is 0 Å². The van der Waals surface area contributed by atoms with Gasteiger partial charge in [0.2, 0.25) is 0 Å². The van der Waals surface area contributed by atoms with E-state index in [9.17, 15) is 0 Å². The van der Waals surface area contributed by atoms with Gasteiger partial charge in [0.1, 0.15) is 5.82 Å². The van der Waals surface area contributed by atoms with Gasteiger partial charge in [-0.25, -0.2) is 4.98 Å². The third-order valence-electron chi connectivity index (χ3n) is 3.73. The summed E-state index contributed by atoms with van der Waals surface area (Å²) in [5, 5.41) is 2.52. The number of H-pyrrole nitrogens is 1. The van der Waals surface area contributed by atoms with Crippen LogP contribution in [0.3, 0.4) is 0 Å². The molecule has 98 valence electrons. The van der Waals surface area contributed by atoms with Crippen molar-refractivity contribution in [3.63, 3.8) is 0 Å². The number of fused-ring (bicyclic) bond motifs is 3. The molecule has 0 saturated heterocycles. The Bertz CT molecular complexity index is 735. The molecule has 3 aromatic rings. The minimum atomic E-state index is 0.427. The summed E-state index contributed by atoms with van der Waals surface area (Å²) in [6, 6.07) is 11.0. The van der Waals surface area contributed by atoms with Crippen LogP contribution in [0.15, 0.2) is 30.3 Å². The minimum absolute atomic E-state index is 0.427. The first kappa shape index (κ1) is 12.2. The Morgan fingerprint density at radius 3 is 2.37 bits per heavy atom. The van der Waals surface area contributed by atoms with Gasteiger partial charge in [0.05, 0.1) is 11.0 Å². The lowest BCUT2D eigenvalue weighted by atomic mass is 9.99. The van der Waals surface area contributed by atoms with Crippen molar-refractivity contribution >= 4 is 21.8 Å². The highest BCUT2D eigenvalue weighted by molar-refractivity contribution is 6.04. The molecule has 0 fully saturated rings. The van der Waals surface area contributed by atoms with Crippen molar-refractivity contribution in [1.82, 2.24) is 9.97 Å². The second kappa shape index (κ2) is 4.37. The number of rotatable bonds is 2. The standard InChI is InChI=1S/C17H20N2/c1-10(2)13-6-5-12-7-8-15-16(14(12)9-13)19-17(18-15)11(3)4/h5-11H,1-4H3,(H,18,19). The second-order valence-electron chi connectivity index (χ2n) is 5.87. The number of hydrogen-bond donors (Lipinski definition) is 1. The van der Waals surface area contributed by atoms with Crippen LogP contribution in [0.5, 0.6) is 0 Å². The summed E-state index contributed by atoms with van der Waals surface area (Å²) in [6.45, 7) is 8.79. The van der Waals surface area contributed by atoms with E-state index in [1.54, 1.807) is 0 Å². The van der Waals surface area contributed by atoms with Gasteiger partial charge in [-0.2, -0.15) is 0 Å². The number of nitrogens with one attached hydrogen (secondary N) is 1. The van der Waals surface area contributed by atoms with Crippen molar-refractivity contribution in [1.29, 1.82) is 0 Å². The Labute approximate surface area is 113 Å². The summed E-state index contributed by atoms with van der Waals surface area (Å²) >= 11 is 0. The summed E-state index contributed by atoms with van der Waals surface area (Å²) in [4.78, 5) is 8.21. The maximum atomic E-state index is 4.79. The van der Waals surface area contributed by atoms with E-state index in [2.05, 4.69) is 63.0 Å². The zero-order valence-electron chi connectivity index (χ0n) is 12.0. The van der Waals surface area contributed by atoms with Crippen LogP contribution in [-0.2, 0) is 0 Å². The largest absolute Gasteiger partial charge is 0.342 e. The van der Waals surface area contributed by atoms with E-state index in [0.29, 0.717) is 11.8 Å². The zero-order chi connectivity index (χ0) is 13.6. The van der Waals surface area contributed by atoms with Crippen LogP contribution < -0.4 is 0 Å². The fraction of sp³-hybridized carbons (Fsp3) is 0.353. The number of aromatic amines is 1. The molecule has 2 heteroatoms. The van der Waals surface area contributed by atoms with Gasteiger partial charge in [-0.1, -0.05) is 45.9 Å². The highest BCUT2D eigenvalue weighted by Gasteiger charge is 2.10. The topological polar surface area (TPSA) is 28.7 Å². The smallest absolute Gasteiger partial charge is 0.109 e. The van der Waals surface area contributed by atoms with Gasteiger partial charge >= 0.3 is 0 Å². The van der Waals surface area contributed by atoms with Gasteiger partial charge < -0.3 is 4.98 Å². The first-order chi connectivity index (χ1) is 9.06. The van der Waals surface area contributed by atoms with Crippen LogP contribution in [0.1, 0.15) is 50.9 Å². The molecule has 19 heavy (non-hydrogen) atoms. The number of imidazole rings is 1. The second-order valence-corrected chi connectivity index (χ2v) is 5.87. The molecule has 0 unspecified atom stereocenters. The van der Waals surface area contributed by atoms with Crippen molar-refractivity contribution in [3.05, 3.63) is 41.7 Å². The molecule has 0 radical (unpaired) electrons. The van der Waals surface area contributed by atoms with Crippen molar-refractivity contribution in [3.8, 4) is 0 Å². The fourth-order valence-electron chi connectivity index (χ4n) is 2.46. The van der Waals surface area contributed by atoms with Crippen LogP contribution in [-0.4, -0.2) is 9.97 Å². The first-order valence-corrected chi connectivity index (χ1v) is 6.98. The predicted octanol–water partition coefficient (Wildman–Crippen LogP) is 4.96. The third-order valence-corrected chi connectivity index (χ3v) is 3.73. The molecule has 0 aliphatic heterocycles. The average molecular weight is 252 g/mol. The maximum absolute atomic E-state index is 4.79. The SMILES string of the molecule is CC(C)c1ccc2ccc3[nH]c(C(C)C)nc3c2c1. The van der Waals surface area contributed by atoms with E-state index >= 15 is 0 Å². The predicted molar refractivity (Wildman–Crippen MR) is 81.8 cm³/mol. The van der Waals surface area contributed by atoms with Crippen LogP contribution >= 0.6 is 0 Å². The maximum Gasteiger partial charge on any atom is 0.109 e. The summed E-state index contributed by atoms with van der Waals surface area (Å²) in [5.74, 6) is 2.04. The van der Waals surface area contributed by atoms with E-state index < -0.39 is 0 Å². The molecule has 1 aromatic heterocycles. The summed E-state index contributed by atoms with van der Waals surface area (Å²) in [5.41, 5.74) is 3.61. The van der Waals surface area contributed by atoms with E-state index in [-0.39, 0.29) is 0 Å². The molecular formula is C17H20N2. The minimum Gasteiger partial charge on any atom is -0.342 e. The molecule has 0 saturated carbocycles. The molecule has 3 rings (SSSR count). The molecule has 0 aliphatic rings. The Morgan fingerprint density at radius 2 is 1.68 bits per heavy atom. The molecule has 0 amide bonds. The zero-order valence-corrected chi connectivity index (χ0v) is 12.0. The monoisotopic (exact) mass is 252 g/mol. The van der Waals surface area contributed by atoms with Gasteiger partial charge in [0.25, 0.3) is 0 Å². The molecular weight excluding hydrogens is 232 g/mol. The quantitative estimate of drug-likeness (QED) is 0.686. The van der Waals surface area contributed by atoms with E-state index in [1.165, 1.54) is 16.3 Å². The normalized spacial score (nSPS) is 12.1. The van der Waals surface area contributed by atoms with E-state index in [0.717, 1.165) is 16.9 Å². The number of benzene rings is 2. The lowest BCUT2D eigenvalue weighted by molar-refractivity contribution is 0.799. The van der Waals surface area contributed by atoms with Gasteiger partial charge in [0, 0.05) is 11.3 Å². The Hall–Kier alpha value is -1.83. The summed E-state index contributed by atoms with van der Waals surface area (Å²) < 4.78 is 0. The Morgan fingerprint density at radius 1 is 0.947 bits per heavy atom. The number of hydrogen-bond acceptors (Lipinski definition) is 1. The summed E-state index contributed by atoms with van der Waals surface area (Å²) in [7, 11) is 0. The van der Waals surface area contributed by atoms with Gasteiger partial charge in [-0.15, -0.1) is 0 Å². The highest BCUT2D eigenvalue weighted by atomic mass is 14.9. The molecule has 0 aliphatic carbocycles. The van der Waals surface area contributed by atoms with Crippen molar-refractivity contribution in [2.45, 2.75) is 39.5 Å². The molecule has 0 atom stereocenters. The van der Waals surface area contributed by atoms with Crippen LogP contribution in [0.25, 0.3) is 21.8 Å². The molecule has 0 spiro atoms. The van der Waals surface area contributed by atoms with Crippen molar-refractivity contribution < 1.29 is 0 Å². The van der Waals surface area contributed by atoms with Gasteiger partial charge in [-0.3, -0.25) is 0 Å². The summed E-state index contributed by atoms with van der Waals surface area (Å²) in [6.07, 6.45) is 0. The van der Waals surface area contributed by atoms with Crippen molar-refractivity contribution in [2.24, 2.45) is 0 Å². The molecule has 2 nitrogen and oxygen atoms in total. The lowest BCUT2D eigenvalue weighted by Crippen LogP contribution is -1.89. The third kappa shape index (κ3) is 2.01. The first-order valence-electron chi connectivity index (χ1n) is 6.98. The average Bonchev–Trinajstić information content (AvgIpc) is 2.82. The van der Waals surface area contributed by atoms with Crippen LogP contribution in [0.2, 0.25) is 0 Å². The molecule has 1 N–H and O–H groups in total. The van der Waals surface area contributed by atoms with Crippen LogP contribution in [0, 0.1) is 0 Å². The Kier molecular flexibility index (Phi) is 2.81. The van der Waals surface area contributed by atoms with Gasteiger partial charge in [0.15, 0.2) is 0 Å². The number of aromatic nitrogens is 2. The van der Waals surface area contributed by atoms with Gasteiger partial charge in [-0.05, 0) is 29.0 Å². The Balaban J connectivity index is 2.33. The lowest BCUT2D eigenvalue weighted by Gasteiger charge is -2.07. The highest BCUT2D eigenvalue weighted by Crippen LogP contribution is 2.28. The van der Waals surface area contributed by atoms with Crippen molar-refractivity contribution in [2.75, 3.05) is 0 Å². The molecule has 0 bridgehead atoms. The fourth-order valence-corrected chi connectivity index (χ4v) is 2.46. The van der Waals surface area contributed by atoms with E-state index in [1.807, 2.05) is 0 Å². The molecule has 2 aromatic carbocycles.